The van der Waals surface area contributed by atoms with Crippen LogP contribution in [0.15, 0.2) is 41.0 Å². The molecule has 0 atom stereocenters. The van der Waals surface area contributed by atoms with Crippen molar-refractivity contribution in [1.82, 2.24) is 14.8 Å². The summed E-state index contributed by atoms with van der Waals surface area (Å²) in [6.45, 7) is 4.03. The maximum atomic E-state index is 12.7. The standard InChI is InChI=1S/C19H19BrClN3O2/c1-2-13-3-5-14(6-4-13)18(25)23-7-9-24(10-8-23)19(26)16-11-15(20)12-22-17(16)21/h3-6,11-12H,2,7-10H2,1H3. The highest BCUT2D eigenvalue weighted by Crippen LogP contribution is 2.21. The van der Waals surface area contributed by atoms with E-state index in [0.717, 1.165) is 6.42 Å². The average Bonchev–Trinajstić information content (AvgIpc) is 2.69. The summed E-state index contributed by atoms with van der Waals surface area (Å²) in [5, 5.41) is 0.188. The number of aryl methyl sites for hydroxylation is 1. The molecule has 3 rings (SSSR count). The number of hydrogen-bond acceptors (Lipinski definition) is 3. The van der Waals surface area contributed by atoms with Gasteiger partial charge in [-0.15, -0.1) is 0 Å². The molecular formula is C19H19BrClN3O2. The number of piperazine rings is 1. The molecule has 2 aromatic rings. The molecule has 0 N–H and O–H groups in total. The summed E-state index contributed by atoms with van der Waals surface area (Å²) < 4.78 is 0.703. The van der Waals surface area contributed by atoms with E-state index in [1.165, 1.54) is 5.56 Å². The van der Waals surface area contributed by atoms with E-state index in [1.54, 1.807) is 22.1 Å². The molecule has 2 amide bonds. The van der Waals surface area contributed by atoms with Crippen LogP contribution in [0.5, 0.6) is 0 Å². The Bertz CT molecular complexity index is 818. The van der Waals surface area contributed by atoms with Crippen molar-refractivity contribution in [1.29, 1.82) is 0 Å². The summed E-state index contributed by atoms with van der Waals surface area (Å²) in [5.41, 5.74) is 2.26. The summed E-state index contributed by atoms with van der Waals surface area (Å²) in [6.07, 6.45) is 2.50. The number of carbonyl (C=O) groups excluding carboxylic acids is 2. The van der Waals surface area contributed by atoms with E-state index in [1.807, 2.05) is 24.3 Å². The van der Waals surface area contributed by atoms with Crippen molar-refractivity contribution in [3.63, 3.8) is 0 Å². The van der Waals surface area contributed by atoms with Crippen LogP contribution in [0.25, 0.3) is 0 Å². The monoisotopic (exact) mass is 435 g/mol. The molecule has 1 aliphatic rings. The molecule has 1 aliphatic heterocycles. The van der Waals surface area contributed by atoms with Gasteiger partial charge in [-0.25, -0.2) is 4.98 Å². The predicted molar refractivity (Wildman–Crippen MR) is 105 cm³/mol. The fourth-order valence-corrected chi connectivity index (χ4v) is 3.44. The minimum Gasteiger partial charge on any atom is -0.335 e. The highest BCUT2D eigenvalue weighted by atomic mass is 79.9. The first-order chi connectivity index (χ1) is 12.5. The van der Waals surface area contributed by atoms with Gasteiger partial charge in [0.15, 0.2) is 0 Å². The molecule has 26 heavy (non-hydrogen) atoms. The Balaban J connectivity index is 1.64. The lowest BCUT2D eigenvalue weighted by Gasteiger charge is -2.35. The minimum atomic E-state index is -0.164. The van der Waals surface area contributed by atoms with Gasteiger partial charge in [0.05, 0.1) is 5.56 Å². The van der Waals surface area contributed by atoms with Crippen molar-refractivity contribution in [3.05, 3.63) is 62.8 Å². The molecule has 136 valence electrons. The highest BCUT2D eigenvalue weighted by molar-refractivity contribution is 9.10. The van der Waals surface area contributed by atoms with Gasteiger partial charge in [-0.2, -0.15) is 0 Å². The van der Waals surface area contributed by atoms with Crippen LogP contribution >= 0.6 is 27.5 Å². The van der Waals surface area contributed by atoms with Gasteiger partial charge < -0.3 is 9.80 Å². The molecule has 0 bridgehead atoms. The molecule has 0 aliphatic carbocycles. The van der Waals surface area contributed by atoms with Crippen molar-refractivity contribution in [2.75, 3.05) is 26.2 Å². The first kappa shape index (κ1) is 18.9. The molecule has 0 spiro atoms. The SMILES string of the molecule is CCc1ccc(C(=O)N2CCN(C(=O)c3cc(Br)cnc3Cl)CC2)cc1. The zero-order valence-electron chi connectivity index (χ0n) is 14.4. The Labute approximate surface area is 166 Å². The zero-order chi connectivity index (χ0) is 18.7. The van der Waals surface area contributed by atoms with Crippen LogP contribution in [-0.2, 0) is 6.42 Å². The van der Waals surface area contributed by atoms with Gasteiger partial charge in [0.25, 0.3) is 11.8 Å². The second kappa shape index (κ2) is 8.18. The van der Waals surface area contributed by atoms with E-state index in [4.69, 9.17) is 11.6 Å². The number of rotatable bonds is 3. The first-order valence-corrected chi connectivity index (χ1v) is 9.65. The third-order valence-corrected chi connectivity index (χ3v) is 5.23. The van der Waals surface area contributed by atoms with E-state index >= 15 is 0 Å². The van der Waals surface area contributed by atoms with Crippen LogP contribution in [0.1, 0.15) is 33.2 Å². The maximum absolute atomic E-state index is 12.7. The van der Waals surface area contributed by atoms with Crippen molar-refractivity contribution in [2.24, 2.45) is 0 Å². The molecular weight excluding hydrogens is 418 g/mol. The summed E-state index contributed by atoms with van der Waals surface area (Å²) in [4.78, 5) is 32.8. The summed E-state index contributed by atoms with van der Waals surface area (Å²) >= 11 is 9.36. The van der Waals surface area contributed by atoms with Gasteiger partial charge in [-0.1, -0.05) is 30.7 Å². The molecule has 0 unspecified atom stereocenters. The molecule has 1 saturated heterocycles. The van der Waals surface area contributed by atoms with E-state index < -0.39 is 0 Å². The molecule has 2 heterocycles. The molecule has 1 aromatic carbocycles. The number of benzene rings is 1. The Hall–Kier alpha value is -1.92. The van der Waals surface area contributed by atoms with Crippen LogP contribution in [0.2, 0.25) is 5.15 Å². The number of amides is 2. The van der Waals surface area contributed by atoms with Crippen LogP contribution in [0.3, 0.4) is 0 Å². The number of halogens is 2. The Morgan fingerprint density at radius 1 is 1.08 bits per heavy atom. The molecule has 1 aromatic heterocycles. The van der Waals surface area contributed by atoms with Crippen molar-refractivity contribution in [3.8, 4) is 0 Å². The largest absolute Gasteiger partial charge is 0.335 e. The second-order valence-electron chi connectivity index (χ2n) is 6.13. The smallest absolute Gasteiger partial charge is 0.257 e. The van der Waals surface area contributed by atoms with E-state index in [9.17, 15) is 9.59 Å². The normalized spacial score (nSPS) is 14.4. The van der Waals surface area contributed by atoms with Crippen LogP contribution in [0.4, 0.5) is 0 Å². The number of aromatic nitrogens is 1. The van der Waals surface area contributed by atoms with E-state index in [-0.39, 0.29) is 17.0 Å². The lowest BCUT2D eigenvalue weighted by Crippen LogP contribution is -2.50. The topological polar surface area (TPSA) is 53.5 Å². The predicted octanol–water partition coefficient (Wildman–Crippen LogP) is 3.66. The minimum absolute atomic E-state index is 0.00177. The van der Waals surface area contributed by atoms with E-state index in [2.05, 4.69) is 27.8 Å². The zero-order valence-corrected chi connectivity index (χ0v) is 16.8. The summed E-state index contributed by atoms with van der Waals surface area (Å²) in [6, 6.07) is 9.37. The van der Waals surface area contributed by atoms with Crippen LogP contribution in [-0.4, -0.2) is 52.8 Å². The van der Waals surface area contributed by atoms with Gasteiger partial charge in [0, 0.05) is 42.4 Å². The van der Waals surface area contributed by atoms with Gasteiger partial charge in [0.1, 0.15) is 5.15 Å². The van der Waals surface area contributed by atoms with Gasteiger partial charge in [0.2, 0.25) is 0 Å². The lowest BCUT2D eigenvalue weighted by atomic mass is 10.1. The molecule has 0 radical (unpaired) electrons. The quantitative estimate of drug-likeness (QED) is 0.690. The second-order valence-corrected chi connectivity index (χ2v) is 7.40. The Morgan fingerprint density at radius 3 is 2.23 bits per heavy atom. The van der Waals surface area contributed by atoms with Crippen molar-refractivity contribution < 1.29 is 9.59 Å². The third-order valence-electron chi connectivity index (χ3n) is 4.50. The van der Waals surface area contributed by atoms with Crippen molar-refractivity contribution >= 4 is 39.3 Å². The fourth-order valence-electron chi connectivity index (χ4n) is 2.92. The number of carbonyl (C=O) groups is 2. The highest BCUT2D eigenvalue weighted by Gasteiger charge is 2.26. The molecule has 1 fully saturated rings. The molecule has 7 heteroatoms. The Morgan fingerprint density at radius 2 is 1.65 bits per heavy atom. The van der Waals surface area contributed by atoms with Gasteiger partial charge in [-0.05, 0) is 46.1 Å². The average molecular weight is 437 g/mol. The van der Waals surface area contributed by atoms with Crippen LogP contribution in [0, 0.1) is 0 Å². The lowest BCUT2D eigenvalue weighted by molar-refractivity contribution is 0.0535. The third kappa shape index (κ3) is 4.07. The number of nitrogens with zero attached hydrogens (tertiary/aromatic N) is 3. The van der Waals surface area contributed by atoms with Gasteiger partial charge in [-0.3, -0.25) is 9.59 Å². The van der Waals surface area contributed by atoms with E-state index in [0.29, 0.717) is 41.8 Å². The van der Waals surface area contributed by atoms with Gasteiger partial charge >= 0.3 is 0 Å². The number of hydrogen-bond donors (Lipinski definition) is 0. The maximum Gasteiger partial charge on any atom is 0.257 e. The van der Waals surface area contributed by atoms with Crippen molar-refractivity contribution in [2.45, 2.75) is 13.3 Å². The fraction of sp³-hybridized carbons (Fsp3) is 0.316. The first-order valence-electron chi connectivity index (χ1n) is 8.48. The summed E-state index contributed by atoms with van der Waals surface area (Å²) in [5.74, 6) is -0.162. The molecule has 0 saturated carbocycles. The summed E-state index contributed by atoms with van der Waals surface area (Å²) in [7, 11) is 0. The molecule has 5 nitrogen and oxygen atoms in total. The Kier molecular flexibility index (Phi) is 5.94. The number of pyridine rings is 1. The van der Waals surface area contributed by atoms with Crippen LogP contribution < -0.4 is 0 Å².